The van der Waals surface area contributed by atoms with Crippen molar-refractivity contribution in [1.82, 2.24) is 0 Å². The number of phenolic OH excluding ortho intramolecular Hbond substituents is 1. The summed E-state index contributed by atoms with van der Waals surface area (Å²) in [6.07, 6.45) is 6.39. The number of benzene rings is 1. The van der Waals surface area contributed by atoms with Crippen LogP contribution in [0.4, 0.5) is 5.69 Å². The van der Waals surface area contributed by atoms with Crippen LogP contribution in [0.2, 0.25) is 0 Å². The van der Waals surface area contributed by atoms with Crippen LogP contribution < -0.4 is 4.90 Å². The fraction of sp³-hybridized carbons (Fsp3) is 0.368. The Kier molecular flexibility index (Phi) is 6.36. The first-order valence-electron chi connectivity index (χ1n) is 8.16. The number of aromatic hydroxyl groups is 1. The summed E-state index contributed by atoms with van der Waals surface area (Å²) < 4.78 is 5.19. The molecule has 0 aromatic heterocycles. The van der Waals surface area contributed by atoms with Crippen LogP contribution in [0.1, 0.15) is 35.2 Å². The molecule has 0 unspecified atom stereocenters. The molecule has 0 fully saturated rings. The van der Waals surface area contributed by atoms with Crippen LogP contribution in [0.25, 0.3) is 6.08 Å². The number of fused-ring (bicyclic) bond motifs is 1. The molecule has 6 heteroatoms. The minimum Gasteiger partial charge on any atom is -0.507 e. The Labute approximate surface area is 147 Å². The van der Waals surface area contributed by atoms with Crippen molar-refractivity contribution < 1.29 is 24.5 Å². The van der Waals surface area contributed by atoms with Gasteiger partial charge in [0.25, 0.3) is 0 Å². The normalized spacial score (nSPS) is 21.6. The van der Waals surface area contributed by atoms with Gasteiger partial charge in [0.2, 0.25) is 0 Å². The van der Waals surface area contributed by atoms with Crippen molar-refractivity contribution in [1.29, 1.82) is 0 Å². The van der Waals surface area contributed by atoms with E-state index in [9.17, 15) is 19.8 Å². The smallest absolute Gasteiger partial charge is 0.342 e. The highest BCUT2D eigenvalue weighted by Gasteiger charge is 2.19. The third kappa shape index (κ3) is 4.93. The molecule has 2 N–H and O–H groups in total. The van der Waals surface area contributed by atoms with Crippen molar-refractivity contribution in [2.45, 2.75) is 25.4 Å². The number of nitrogens with zero attached hydrogens (tertiary/aromatic N) is 1. The zero-order valence-electron chi connectivity index (χ0n) is 14.4. The Morgan fingerprint density at radius 1 is 1.12 bits per heavy atom. The van der Waals surface area contributed by atoms with E-state index < -0.39 is 12.1 Å². The molecule has 0 bridgehead atoms. The van der Waals surface area contributed by atoms with Crippen molar-refractivity contribution in [3.63, 3.8) is 0 Å². The van der Waals surface area contributed by atoms with Crippen LogP contribution in [0.5, 0.6) is 5.75 Å². The van der Waals surface area contributed by atoms with Gasteiger partial charge in [-0.1, -0.05) is 18.2 Å². The SMILES string of the molecule is CN(C)c1cc(O)c2c(c1)/C=C/CC[C@H](O)C(=O)/C=C\CCOC2=O. The highest BCUT2D eigenvalue weighted by atomic mass is 16.5. The van der Waals surface area contributed by atoms with E-state index in [-0.39, 0.29) is 23.7 Å². The Balaban J connectivity index is 2.38. The number of carbonyl (C=O) groups excluding carboxylic acids is 2. The lowest BCUT2D eigenvalue weighted by atomic mass is 10.0. The number of aliphatic hydroxyl groups is 1. The number of ether oxygens (including phenoxy) is 1. The molecule has 134 valence electrons. The second-order valence-electron chi connectivity index (χ2n) is 6.05. The molecule has 1 aromatic carbocycles. The molecular formula is C19H23NO5. The molecule has 2 rings (SSSR count). The highest BCUT2D eigenvalue weighted by molar-refractivity contribution is 5.97. The van der Waals surface area contributed by atoms with Crippen molar-refractivity contribution in [3.05, 3.63) is 41.5 Å². The van der Waals surface area contributed by atoms with Crippen LogP contribution in [-0.2, 0) is 9.53 Å². The van der Waals surface area contributed by atoms with Gasteiger partial charge in [-0.2, -0.15) is 0 Å². The van der Waals surface area contributed by atoms with E-state index in [1.807, 2.05) is 19.0 Å². The lowest BCUT2D eigenvalue weighted by molar-refractivity contribution is -0.122. The fourth-order valence-corrected chi connectivity index (χ4v) is 2.45. The molecule has 0 saturated heterocycles. The van der Waals surface area contributed by atoms with Gasteiger partial charge < -0.3 is 19.8 Å². The number of cyclic esters (lactones) is 1. The summed E-state index contributed by atoms with van der Waals surface area (Å²) in [5.74, 6) is -1.11. The molecule has 6 nitrogen and oxygen atoms in total. The van der Waals surface area contributed by atoms with Gasteiger partial charge >= 0.3 is 5.97 Å². The minimum absolute atomic E-state index is 0.0801. The molecule has 1 atom stereocenters. The summed E-state index contributed by atoms with van der Waals surface area (Å²) in [7, 11) is 3.67. The monoisotopic (exact) mass is 345 g/mol. The van der Waals surface area contributed by atoms with E-state index in [4.69, 9.17) is 4.74 Å². The largest absolute Gasteiger partial charge is 0.507 e. The summed E-state index contributed by atoms with van der Waals surface area (Å²) in [6, 6.07) is 3.29. The number of aliphatic hydroxyl groups excluding tert-OH is 1. The van der Waals surface area contributed by atoms with Gasteiger partial charge in [-0.05, 0) is 37.0 Å². The molecule has 25 heavy (non-hydrogen) atoms. The third-order valence-corrected chi connectivity index (χ3v) is 3.89. The quantitative estimate of drug-likeness (QED) is 0.760. The second kappa shape index (κ2) is 8.48. The van der Waals surface area contributed by atoms with Crippen LogP contribution in [-0.4, -0.2) is 48.8 Å². The van der Waals surface area contributed by atoms with Gasteiger partial charge in [0, 0.05) is 25.8 Å². The van der Waals surface area contributed by atoms with E-state index in [1.165, 1.54) is 12.1 Å². The van der Waals surface area contributed by atoms with E-state index in [1.54, 1.807) is 24.3 Å². The second-order valence-corrected chi connectivity index (χ2v) is 6.05. The average Bonchev–Trinajstić information content (AvgIpc) is 2.56. The van der Waals surface area contributed by atoms with Crippen molar-refractivity contribution >= 4 is 23.5 Å². The van der Waals surface area contributed by atoms with E-state index in [0.29, 0.717) is 24.8 Å². The van der Waals surface area contributed by atoms with E-state index in [0.717, 1.165) is 5.69 Å². The lowest BCUT2D eigenvalue weighted by Crippen LogP contribution is -2.17. The maximum absolute atomic E-state index is 12.3. The summed E-state index contributed by atoms with van der Waals surface area (Å²) >= 11 is 0. The Bertz CT molecular complexity index is 706. The number of phenols is 1. The summed E-state index contributed by atoms with van der Waals surface area (Å²) in [6.45, 7) is 0.0801. The van der Waals surface area contributed by atoms with Gasteiger partial charge in [0.1, 0.15) is 17.4 Å². The van der Waals surface area contributed by atoms with Gasteiger partial charge in [-0.15, -0.1) is 0 Å². The number of carbonyl (C=O) groups is 2. The topological polar surface area (TPSA) is 87.1 Å². The van der Waals surface area contributed by atoms with Crippen LogP contribution in [0.3, 0.4) is 0 Å². The predicted molar refractivity (Wildman–Crippen MR) is 95.8 cm³/mol. The van der Waals surface area contributed by atoms with Gasteiger partial charge in [0.05, 0.1) is 6.61 Å². The van der Waals surface area contributed by atoms with Crippen molar-refractivity contribution in [2.75, 3.05) is 25.6 Å². The number of allylic oxidation sites excluding steroid dienone is 1. The van der Waals surface area contributed by atoms with Gasteiger partial charge in [-0.25, -0.2) is 4.79 Å². The van der Waals surface area contributed by atoms with Crippen LogP contribution >= 0.6 is 0 Å². The number of rotatable bonds is 1. The van der Waals surface area contributed by atoms with E-state index in [2.05, 4.69) is 0 Å². The average molecular weight is 345 g/mol. The van der Waals surface area contributed by atoms with Crippen molar-refractivity contribution in [3.8, 4) is 5.75 Å². The third-order valence-electron chi connectivity index (χ3n) is 3.89. The maximum Gasteiger partial charge on any atom is 0.342 e. The molecule has 0 aliphatic carbocycles. The summed E-state index contributed by atoms with van der Waals surface area (Å²) in [5.41, 5.74) is 1.38. The highest BCUT2D eigenvalue weighted by Crippen LogP contribution is 2.30. The van der Waals surface area contributed by atoms with Gasteiger partial charge in [-0.3, -0.25) is 4.79 Å². The predicted octanol–water partition coefficient (Wildman–Crippen LogP) is 2.30. The molecule has 1 aliphatic heterocycles. The lowest BCUT2D eigenvalue weighted by Gasteiger charge is -2.16. The standard InChI is InChI=1S/C19H23NO5/c1-20(2)14-11-13-7-3-4-8-15(21)16(22)9-5-6-10-25-19(24)18(13)17(23)12-14/h3,5,7,9,11-12,15,21,23H,4,6,8,10H2,1-2H3/b7-3+,9-5-/t15-/m0/s1. The molecule has 0 spiro atoms. The molecule has 0 saturated carbocycles. The molecule has 1 aliphatic rings. The Morgan fingerprint density at radius 3 is 2.56 bits per heavy atom. The summed E-state index contributed by atoms with van der Waals surface area (Å²) in [4.78, 5) is 25.9. The van der Waals surface area contributed by atoms with Crippen LogP contribution in [0.15, 0.2) is 30.4 Å². The van der Waals surface area contributed by atoms with E-state index >= 15 is 0 Å². The molecule has 1 heterocycles. The Morgan fingerprint density at radius 2 is 1.84 bits per heavy atom. The zero-order chi connectivity index (χ0) is 18.4. The number of anilines is 1. The first-order valence-corrected chi connectivity index (χ1v) is 8.16. The number of hydrogen-bond acceptors (Lipinski definition) is 6. The zero-order valence-corrected chi connectivity index (χ0v) is 14.4. The maximum atomic E-state index is 12.3. The van der Waals surface area contributed by atoms with Crippen LogP contribution in [0, 0.1) is 0 Å². The molecular weight excluding hydrogens is 322 g/mol. The van der Waals surface area contributed by atoms with Gasteiger partial charge in [0.15, 0.2) is 5.78 Å². The van der Waals surface area contributed by atoms with Crippen molar-refractivity contribution in [2.24, 2.45) is 0 Å². The number of esters is 1. The number of ketones is 1. The molecule has 0 amide bonds. The number of hydrogen-bond donors (Lipinski definition) is 2. The molecule has 1 aromatic rings. The fourth-order valence-electron chi connectivity index (χ4n) is 2.45. The summed E-state index contributed by atoms with van der Waals surface area (Å²) in [5, 5.41) is 20.1. The Hall–Kier alpha value is -2.60. The first-order chi connectivity index (χ1) is 11.9. The first kappa shape index (κ1) is 18.7. The minimum atomic E-state index is -1.05. The molecule has 0 radical (unpaired) electrons.